The molecule has 0 aliphatic rings. The lowest BCUT2D eigenvalue weighted by molar-refractivity contribution is -0.137. The van der Waals surface area contributed by atoms with Gasteiger partial charge in [0.15, 0.2) is 11.6 Å². The number of alkyl halides is 3. The van der Waals surface area contributed by atoms with Crippen LogP contribution in [0.1, 0.15) is 22.8 Å². The van der Waals surface area contributed by atoms with E-state index in [4.69, 9.17) is 4.74 Å². The highest BCUT2D eigenvalue weighted by molar-refractivity contribution is 5.97. The van der Waals surface area contributed by atoms with Gasteiger partial charge in [0.2, 0.25) is 0 Å². The maximum absolute atomic E-state index is 13.5. The normalized spacial score (nSPS) is 11.4. The lowest BCUT2D eigenvalue weighted by Gasteiger charge is -2.12. The van der Waals surface area contributed by atoms with Gasteiger partial charge in [-0.3, -0.25) is 0 Å². The molecular weight excluding hydrogens is 319 g/mol. The van der Waals surface area contributed by atoms with Crippen molar-refractivity contribution in [2.75, 3.05) is 6.61 Å². The summed E-state index contributed by atoms with van der Waals surface area (Å²) in [5.74, 6) is -3.51. The summed E-state index contributed by atoms with van der Waals surface area (Å²) >= 11 is 0. The number of carbonyl (C=O) groups excluding carboxylic acids is 1. The van der Waals surface area contributed by atoms with E-state index in [2.05, 4.69) is 0 Å². The van der Waals surface area contributed by atoms with Crippen molar-refractivity contribution in [2.24, 2.45) is 0 Å². The largest absolute Gasteiger partial charge is 0.462 e. The molecule has 0 aliphatic carbocycles. The Morgan fingerprint density at radius 2 is 1.74 bits per heavy atom. The molecule has 0 spiro atoms. The molecule has 2 nitrogen and oxygen atoms in total. The van der Waals surface area contributed by atoms with Gasteiger partial charge in [-0.2, -0.15) is 13.2 Å². The van der Waals surface area contributed by atoms with Crippen LogP contribution in [0.3, 0.4) is 0 Å². The van der Waals surface area contributed by atoms with E-state index in [-0.39, 0.29) is 23.3 Å². The number of esters is 1. The number of carbonyl (C=O) groups is 1. The molecule has 0 radical (unpaired) electrons. The van der Waals surface area contributed by atoms with Gasteiger partial charge in [-0.25, -0.2) is 13.6 Å². The molecule has 0 atom stereocenters. The summed E-state index contributed by atoms with van der Waals surface area (Å²) in [7, 11) is 0. The number of rotatable bonds is 3. The lowest BCUT2D eigenvalue weighted by atomic mass is 9.97. The van der Waals surface area contributed by atoms with Gasteiger partial charge in [0.1, 0.15) is 0 Å². The van der Waals surface area contributed by atoms with Crippen LogP contribution in [0.4, 0.5) is 22.0 Å². The third-order valence-electron chi connectivity index (χ3n) is 3.06. The molecular formula is C16H11F5O2. The first kappa shape index (κ1) is 16.9. The summed E-state index contributed by atoms with van der Waals surface area (Å²) in [5, 5.41) is 0. The van der Waals surface area contributed by atoms with Crippen molar-refractivity contribution < 1.29 is 31.5 Å². The summed E-state index contributed by atoms with van der Waals surface area (Å²) in [5.41, 5.74) is -1.55. The average molecular weight is 330 g/mol. The summed E-state index contributed by atoms with van der Waals surface area (Å²) in [6.07, 6.45) is -4.60. The van der Waals surface area contributed by atoms with Gasteiger partial charge < -0.3 is 4.74 Å². The second-order valence-corrected chi connectivity index (χ2v) is 4.61. The molecule has 0 unspecified atom stereocenters. The molecule has 0 bridgehead atoms. The smallest absolute Gasteiger partial charge is 0.416 e. The molecule has 0 saturated heterocycles. The Balaban J connectivity index is 2.63. The highest BCUT2D eigenvalue weighted by atomic mass is 19.4. The Bertz CT molecular complexity index is 738. The summed E-state index contributed by atoms with van der Waals surface area (Å²) < 4.78 is 69.9. The van der Waals surface area contributed by atoms with E-state index in [0.717, 1.165) is 18.2 Å². The Labute approximate surface area is 128 Å². The van der Waals surface area contributed by atoms with E-state index in [9.17, 15) is 26.7 Å². The monoisotopic (exact) mass is 330 g/mol. The van der Waals surface area contributed by atoms with Crippen LogP contribution in [0.5, 0.6) is 0 Å². The van der Waals surface area contributed by atoms with Gasteiger partial charge in [-0.1, -0.05) is 12.1 Å². The molecule has 2 aromatic carbocycles. The first-order chi connectivity index (χ1) is 10.7. The van der Waals surface area contributed by atoms with Crippen LogP contribution >= 0.6 is 0 Å². The van der Waals surface area contributed by atoms with Crippen molar-refractivity contribution in [2.45, 2.75) is 13.1 Å². The second-order valence-electron chi connectivity index (χ2n) is 4.61. The first-order valence-corrected chi connectivity index (χ1v) is 6.58. The zero-order valence-corrected chi connectivity index (χ0v) is 11.9. The zero-order chi connectivity index (χ0) is 17.2. The Morgan fingerprint density at radius 1 is 1.09 bits per heavy atom. The predicted molar refractivity (Wildman–Crippen MR) is 72.8 cm³/mol. The number of hydrogen-bond donors (Lipinski definition) is 0. The summed E-state index contributed by atoms with van der Waals surface area (Å²) in [6.45, 7) is 1.50. The van der Waals surface area contributed by atoms with E-state index in [1.165, 1.54) is 13.0 Å². The van der Waals surface area contributed by atoms with Crippen molar-refractivity contribution in [1.82, 2.24) is 0 Å². The number of hydrogen-bond acceptors (Lipinski definition) is 2. The summed E-state index contributed by atoms with van der Waals surface area (Å²) in [4.78, 5) is 11.9. The van der Waals surface area contributed by atoms with Gasteiger partial charge in [-0.05, 0) is 42.3 Å². The number of halogens is 5. The Morgan fingerprint density at radius 3 is 2.35 bits per heavy atom. The van der Waals surface area contributed by atoms with Gasteiger partial charge in [0.25, 0.3) is 0 Å². The van der Waals surface area contributed by atoms with Crippen LogP contribution in [0.25, 0.3) is 11.1 Å². The van der Waals surface area contributed by atoms with Crippen molar-refractivity contribution in [3.8, 4) is 11.1 Å². The molecule has 0 aromatic heterocycles. The summed E-state index contributed by atoms with van der Waals surface area (Å²) in [6, 6.07) is 5.28. The van der Waals surface area contributed by atoms with Crippen LogP contribution < -0.4 is 0 Å². The van der Waals surface area contributed by atoms with E-state index < -0.39 is 29.3 Å². The van der Waals surface area contributed by atoms with Crippen LogP contribution in [0, 0.1) is 11.6 Å². The minimum Gasteiger partial charge on any atom is -0.462 e. The van der Waals surface area contributed by atoms with E-state index in [1.54, 1.807) is 0 Å². The van der Waals surface area contributed by atoms with E-state index in [0.29, 0.717) is 12.1 Å². The molecule has 2 aromatic rings. The minimum atomic E-state index is -4.60. The fourth-order valence-electron chi connectivity index (χ4n) is 2.03. The highest BCUT2D eigenvalue weighted by Crippen LogP contribution is 2.34. The molecule has 2 rings (SSSR count). The van der Waals surface area contributed by atoms with Crippen molar-refractivity contribution in [3.05, 3.63) is 59.2 Å². The third-order valence-corrected chi connectivity index (χ3v) is 3.06. The average Bonchev–Trinajstić information content (AvgIpc) is 2.49. The van der Waals surface area contributed by atoms with Crippen LogP contribution in [0.15, 0.2) is 36.4 Å². The molecule has 0 saturated carbocycles. The second kappa shape index (κ2) is 6.36. The fraction of sp³-hybridized carbons (Fsp3) is 0.188. The fourth-order valence-corrected chi connectivity index (χ4v) is 2.03. The standard InChI is InChI=1S/C16H11F5O2/c1-2-23-15(22)12-8-14(18)13(17)7-11(12)9-4-3-5-10(6-9)16(19,20)21/h3-8H,2H2,1H3. The molecule has 122 valence electrons. The van der Waals surface area contributed by atoms with Crippen molar-refractivity contribution in [3.63, 3.8) is 0 Å². The van der Waals surface area contributed by atoms with Crippen molar-refractivity contribution >= 4 is 5.97 Å². The van der Waals surface area contributed by atoms with Crippen LogP contribution in [0.2, 0.25) is 0 Å². The zero-order valence-electron chi connectivity index (χ0n) is 11.9. The quantitative estimate of drug-likeness (QED) is 0.595. The van der Waals surface area contributed by atoms with Crippen LogP contribution in [-0.4, -0.2) is 12.6 Å². The van der Waals surface area contributed by atoms with Gasteiger partial charge in [0.05, 0.1) is 17.7 Å². The highest BCUT2D eigenvalue weighted by Gasteiger charge is 2.31. The molecule has 0 amide bonds. The molecule has 0 heterocycles. The Kier molecular flexibility index (Phi) is 4.68. The molecule has 0 fully saturated rings. The number of benzene rings is 2. The van der Waals surface area contributed by atoms with E-state index in [1.807, 2.05) is 0 Å². The van der Waals surface area contributed by atoms with Crippen molar-refractivity contribution in [1.29, 1.82) is 0 Å². The third kappa shape index (κ3) is 3.67. The maximum atomic E-state index is 13.5. The topological polar surface area (TPSA) is 26.3 Å². The van der Waals surface area contributed by atoms with Gasteiger partial charge in [0, 0.05) is 0 Å². The van der Waals surface area contributed by atoms with E-state index >= 15 is 0 Å². The van der Waals surface area contributed by atoms with Crippen LogP contribution in [-0.2, 0) is 10.9 Å². The predicted octanol–water partition coefficient (Wildman–Crippen LogP) is 4.83. The van der Waals surface area contributed by atoms with Gasteiger partial charge in [-0.15, -0.1) is 0 Å². The molecule has 7 heteroatoms. The first-order valence-electron chi connectivity index (χ1n) is 6.58. The number of ether oxygens (including phenoxy) is 1. The Hall–Kier alpha value is -2.44. The maximum Gasteiger partial charge on any atom is 0.416 e. The SMILES string of the molecule is CCOC(=O)c1cc(F)c(F)cc1-c1cccc(C(F)(F)F)c1. The minimum absolute atomic E-state index is 0.0140. The molecule has 23 heavy (non-hydrogen) atoms. The molecule has 0 N–H and O–H groups in total. The lowest BCUT2D eigenvalue weighted by Crippen LogP contribution is -2.09. The van der Waals surface area contributed by atoms with Gasteiger partial charge >= 0.3 is 12.1 Å². The molecule has 0 aliphatic heterocycles.